The first-order valence-electron chi connectivity index (χ1n) is 7.89. The van der Waals surface area contributed by atoms with Gasteiger partial charge in [0.25, 0.3) is 0 Å². The number of hydrogen-bond donors (Lipinski definition) is 2. The molecule has 2 heterocycles. The second-order valence-corrected chi connectivity index (χ2v) is 5.65. The third-order valence-corrected chi connectivity index (χ3v) is 3.98. The molecule has 0 radical (unpaired) electrons. The van der Waals surface area contributed by atoms with Crippen LogP contribution in [-0.2, 0) is 16.0 Å². The Balaban J connectivity index is 1.41. The maximum Gasteiger partial charge on any atom is 0.417 e. The number of nitrogens with zero attached hydrogens (tertiary/aromatic N) is 1. The summed E-state index contributed by atoms with van der Waals surface area (Å²) in [5.41, 5.74) is 2.20. The number of aryl methyl sites for hydroxylation is 1. The van der Waals surface area contributed by atoms with E-state index in [4.69, 9.17) is 9.15 Å². The minimum Gasteiger partial charge on any atom is -0.408 e. The van der Waals surface area contributed by atoms with Gasteiger partial charge in [0.15, 0.2) is 5.58 Å². The first-order valence-corrected chi connectivity index (χ1v) is 7.89. The normalized spacial score (nSPS) is 15.8. The molecule has 7 nitrogen and oxygen atoms in total. The number of benzene rings is 1. The predicted octanol–water partition coefficient (Wildman–Crippen LogP) is 0.502. The van der Waals surface area contributed by atoms with Gasteiger partial charge >= 0.3 is 5.76 Å². The Bertz CT molecular complexity index is 715. The first kappa shape index (κ1) is 15.8. The molecule has 0 atom stereocenters. The summed E-state index contributed by atoms with van der Waals surface area (Å²) in [5.74, 6) is -0.419. The van der Waals surface area contributed by atoms with Crippen LogP contribution in [0.15, 0.2) is 27.4 Å². The Morgan fingerprint density at radius 2 is 2.13 bits per heavy atom. The molecule has 1 aromatic carbocycles. The van der Waals surface area contributed by atoms with Gasteiger partial charge in [-0.05, 0) is 24.1 Å². The van der Waals surface area contributed by atoms with Crippen LogP contribution in [0.3, 0.4) is 0 Å². The van der Waals surface area contributed by atoms with E-state index >= 15 is 0 Å². The van der Waals surface area contributed by atoms with Crippen LogP contribution < -0.4 is 11.1 Å². The monoisotopic (exact) mass is 319 g/mol. The van der Waals surface area contributed by atoms with Crippen LogP contribution in [0.5, 0.6) is 0 Å². The fourth-order valence-electron chi connectivity index (χ4n) is 2.68. The third-order valence-electron chi connectivity index (χ3n) is 3.98. The number of amides is 1. The fraction of sp³-hybridized carbons (Fsp3) is 0.500. The maximum atomic E-state index is 11.9. The lowest BCUT2D eigenvalue weighted by atomic mass is 10.1. The number of aromatic nitrogens is 1. The highest BCUT2D eigenvalue weighted by Gasteiger charge is 2.10. The van der Waals surface area contributed by atoms with Gasteiger partial charge in [-0.25, -0.2) is 4.79 Å². The summed E-state index contributed by atoms with van der Waals surface area (Å²) in [5, 5.41) is 2.94. The molecule has 1 saturated heterocycles. The van der Waals surface area contributed by atoms with Crippen molar-refractivity contribution in [3.63, 3.8) is 0 Å². The second kappa shape index (κ2) is 7.43. The van der Waals surface area contributed by atoms with Crippen LogP contribution in [-0.4, -0.2) is 55.2 Å². The molecule has 1 aliphatic rings. The third kappa shape index (κ3) is 4.43. The van der Waals surface area contributed by atoms with Gasteiger partial charge < -0.3 is 14.5 Å². The highest BCUT2D eigenvalue weighted by atomic mass is 16.5. The molecule has 2 N–H and O–H groups in total. The molecule has 0 spiro atoms. The van der Waals surface area contributed by atoms with Crippen molar-refractivity contribution in [3.8, 4) is 0 Å². The van der Waals surface area contributed by atoms with E-state index in [-0.39, 0.29) is 5.91 Å². The van der Waals surface area contributed by atoms with Crippen molar-refractivity contribution in [2.24, 2.45) is 0 Å². The molecule has 0 unspecified atom stereocenters. The number of hydrogen-bond acceptors (Lipinski definition) is 5. The summed E-state index contributed by atoms with van der Waals surface area (Å²) in [6.07, 6.45) is 1.06. The number of ether oxygens (including phenoxy) is 1. The van der Waals surface area contributed by atoms with Crippen LogP contribution in [0, 0.1) is 0 Å². The maximum absolute atomic E-state index is 11.9. The number of oxazole rings is 1. The van der Waals surface area contributed by atoms with Crippen LogP contribution in [0.2, 0.25) is 0 Å². The quantitative estimate of drug-likeness (QED) is 0.810. The van der Waals surface area contributed by atoms with Gasteiger partial charge in [0.05, 0.1) is 18.7 Å². The van der Waals surface area contributed by atoms with E-state index in [0.29, 0.717) is 30.5 Å². The zero-order valence-corrected chi connectivity index (χ0v) is 13.0. The van der Waals surface area contributed by atoms with E-state index in [1.807, 2.05) is 12.1 Å². The van der Waals surface area contributed by atoms with Gasteiger partial charge in [0.2, 0.25) is 5.91 Å². The van der Waals surface area contributed by atoms with Crippen LogP contribution >= 0.6 is 0 Å². The second-order valence-electron chi connectivity index (χ2n) is 5.65. The number of fused-ring (bicyclic) bond motifs is 1. The van der Waals surface area contributed by atoms with Gasteiger partial charge in [-0.1, -0.05) is 6.07 Å². The lowest BCUT2D eigenvalue weighted by Crippen LogP contribution is -2.41. The molecule has 1 aromatic heterocycles. The molecule has 0 bridgehead atoms. The molecule has 1 fully saturated rings. The summed E-state index contributed by atoms with van der Waals surface area (Å²) < 4.78 is 10.2. The Labute approximate surface area is 133 Å². The van der Waals surface area contributed by atoms with Crippen molar-refractivity contribution >= 4 is 17.0 Å². The van der Waals surface area contributed by atoms with E-state index in [1.165, 1.54) is 0 Å². The Morgan fingerprint density at radius 1 is 1.30 bits per heavy atom. The summed E-state index contributed by atoms with van der Waals surface area (Å²) in [7, 11) is 0. The highest BCUT2D eigenvalue weighted by molar-refractivity contribution is 5.77. The van der Waals surface area contributed by atoms with Crippen LogP contribution in [0.4, 0.5) is 0 Å². The predicted molar refractivity (Wildman–Crippen MR) is 85.4 cm³/mol. The van der Waals surface area contributed by atoms with E-state index in [1.54, 1.807) is 6.07 Å². The minimum absolute atomic E-state index is 0.0408. The molecular weight excluding hydrogens is 298 g/mol. The SMILES string of the molecule is O=C(CCc1ccc2oc(=O)[nH]c2c1)NCCN1CCOCC1. The molecule has 2 aromatic rings. The number of carbonyl (C=O) groups excluding carboxylic acids is 1. The topological polar surface area (TPSA) is 87.6 Å². The fourth-order valence-corrected chi connectivity index (χ4v) is 2.68. The summed E-state index contributed by atoms with van der Waals surface area (Å²) in [6.45, 7) is 4.92. The van der Waals surface area contributed by atoms with E-state index < -0.39 is 5.76 Å². The molecule has 1 amide bonds. The smallest absolute Gasteiger partial charge is 0.408 e. The van der Waals surface area contributed by atoms with Gasteiger partial charge in [-0.15, -0.1) is 0 Å². The molecule has 3 rings (SSSR count). The number of morpholine rings is 1. The molecule has 0 saturated carbocycles. The number of carbonyl (C=O) groups is 1. The van der Waals surface area contributed by atoms with E-state index in [9.17, 15) is 9.59 Å². The summed E-state index contributed by atoms with van der Waals surface area (Å²) >= 11 is 0. The Hall–Kier alpha value is -2.12. The van der Waals surface area contributed by atoms with Crippen molar-refractivity contribution in [2.75, 3.05) is 39.4 Å². The molecule has 124 valence electrons. The van der Waals surface area contributed by atoms with Crippen molar-refractivity contribution in [3.05, 3.63) is 34.3 Å². The van der Waals surface area contributed by atoms with E-state index in [0.717, 1.165) is 38.4 Å². The highest BCUT2D eigenvalue weighted by Crippen LogP contribution is 2.13. The number of rotatable bonds is 6. The van der Waals surface area contributed by atoms with E-state index in [2.05, 4.69) is 15.2 Å². The average molecular weight is 319 g/mol. The standard InChI is InChI=1S/C16H21N3O4/c20-15(17-5-6-19-7-9-22-10-8-19)4-2-12-1-3-14-13(11-12)18-16(21)23-14/h1,3,11H,2,4-10H2,(H,17,20)(H,18,21). The molecule has 0 aliphatic carbocycles. The largest absolute Gasteiger partial charge is 0.417 e. The molecule has 7 heteroatoms. The lowest BCUT2D eigenvalue weighted by molar-refractivity contribution is -0.121. The zero-order valence-electron chi connectivity index (χ0n) is 13.0. The van der Waals surface area contributed by atoms with Crippen LogP contribution in [0.1, 0.15) is 12.0 Å². The minimum atomic E-state index is -0.460. The average Bonchev–Trinajstić information content (AvgIpc) is 2.93. The van der Waals surface area contributed by atoms with Crippen molar-refractivity contribution in [1.82, 2.24) is 15.2 Å². The molecule has 1 aliphatic heterocycles. The van der Waals surface area contributed by atoms with Crippen molar-refractivity contribution in [2.45, 2.75) is 12.8 Å². The van der Waals surface area contributed by atoms with Crippen LogP contribution in [0.25, 0.3) is 11.1 Å². The van der Waals surface area contributed by atoms with Gasteiger partial charge in [-0.2, -0.15) is 0 Å². The van der Waals surface area contributed by atoms with Gasteiger partial charge in [-0.3, -0.25) is 14.7 Å². The van der Waals surface area contributed by atoms with Gasteiger partial charge in [0.1, 0.15) is 0 Å². The Morgan fingerprint density at radius 3 is 2.96 bits per heavy atom. The Kier molecular flexibility index (Phi) is 5.09. The molecular formula is C16H21N3O4. The molecule has 23 heavy (non-hydrogen) atoms. The number of aromatic amines is 1. The lowest BCUT2D eigenvalue weighted by Gasteiger charge is -2.26. The number of nitrogens with one attached hydrogen (secondary N) is 2. The zero-order chi connectivity index (χ0) is 16.1. The van der Waals surface area contributed by atoms with Crippen molar-refractivity contribution < 1.29 is 13.9 Å². The summed E-state index contributed by atoms with van der Waals surface area (Å²) in [6, 6.07) is 5.47. The van der Waals surface area contributed by atoms with Crippen molar-refractivity contribution in [1.29, 1.82) is 0 Å². The summed E-state index contributed by atoms with van der Waals surface area (Å²) in [4.78, 5) is 27.9. The number of H-pyrrole nitrogens is 1. The van der Waals surface area contributed by atoms with Gasteiger partial charge in [0, 0.05) is 32.6 Å². The first-order chi connectivity index (χ1) is 11.2.